The van der Waals surface area contributed by atoms with E-state index in [1.165, 1.54) is 11.1 Å². The summed E-state index contributed by atoms with van der Waals surface area (Å²) in [5.41, 5.74) is 4.39. The van der Waals surface area contributed by atoms with Gasteiger partial charge in [0.05, 0.1) is 0 Å². The summed E-state index contributed by atoms with van der Waals surface area (Å²) < 4.78 is 5.25. The van der Waals surface area contributed by atoms with Gasteiger partial charge in [-0.25, -0.2) is 0 Å². The molecule has 0 radical (unpaired) electrons. The molecule has 0 fully saturated rings. The highest BCUT2D eigenvalue weighted by Gasteiger charge is 2.08. The summed E-state index contributed by atoms with van der Waals surface area (Å²) in [6, 6.07) is 8.25. The third-order valence-corrected chi connectivity index (χ3v) is 2.81. The number of nitrogens with zero attached hydrogens (tertiary/aromatic N) is 1. The largest absolute Gasteiger partial charge is 0.396 e. The van der Waals surface area contributed by atoms with Crippen LogP contribution >= 0.6 is 0 Å². The van der Waals surface area contributed by atoms with Crippen molar-refractivity contribution in [2.45, 2.75) is 26.7 Å². The predicted molar refractivity (Wildman–Crippen MR) is 66.8 cm³/mol. The zero-order valence-electron chi connectivity index (χ0n) is 10.2. The van der Waals surface area contributed by atoms with E-state index in [0.717, 1.165) is 23.4 Å². The first kappa shape index (κ1) is 11.9. The van der Waals surface area contributed by atoms with Crippen LogP contribution in [0.4, 0.5) is 0 Å². The lowest BCUT2D eigenvalue weighted by Crippen LogP contribution is -1.86. The van der Waals surface area contributed by atoms with Gasteiger partial charge in [-0.15, -0.1) is 0 Å². The number of aryl methyl sites for hydroxylation is 3. The average Bonchev–Trinajstić information content (AvgIpc) is 2.78. The minimum atomic E-state index is 0.180. The molecule has 0 bridgehead atoms. The molecule has 3 nitrogen and oxygen atoms in total. The second-order valence-corrected chi connectivity index (χ2v) is 4.32. The summed E-state index contributed by atoms with van der Waals surface area (Å²) in [5.74, 6) is 0.829. The molecule has 0 aliphatic rings. The highest BCUT2D eigenvalue weighted by Crippen LogP contribution is 2.24. The normalized spacial score (nSPS) is 10.8. The first-order chi connectivity index (χ1) is 8.20. The SMILES string of the molecule is Cc1ccc(C)c(-c2cc(CCCO)on2)c1. The van der Waals surface area contributed by atoms with E-state index in [0.29, 0.717) is 6.42 Å². The Bertz CT molecular complexity index is 503. The molecule has 2 rings (SSSR count). The van der Waals surface area contributed by atoms with Crippen LogP contribution < -0.4 is 0 Å². The van der Waals surface area contributed by atoms with Crippen LogP contribution in [0.1, 0.15) is 23.3 Å². The Morgan fingerprint density at radius 2 is 2.06 bits per heavy atom. The fourth-order valence-corrected chi connectivity index (χ4v) is 1.82. The maximum Gasteiger partial charge on any atom is 0.137 e. The van der Waals surface area contributed by atoms with Crippen molar-refractivity contribution in [3.05, 3.63) is 41.2 Å². The second kappa shape index (κ2) is 5.15. The van der Waals surface area contributed by atoms with E-state index in [9.17, 15) is 0 Å². The lowest BCUT2D eigenvalue weighted by atomic mass is 10.0. The Hall–Kier alpha value is -1.61. The number of benzene rings is 1. The highest BCUT2D eigenvalue weighted by atomic mass is 16.5. The van der Waals surface area contributed by atoms with Crippen LogP contribution in [0.5, 0.6) is 0 Å². The van der Waals surface area contributed by atoms with Crippen molar-refractivity contribution < 1.29 is 9.63 Å². The number of hydrogen-bond acceptors (Lipinski definition) is 3. The van der Waals surface area contributed by atoms with Gasteiger partial charge in [0.25, 0.3) is 0 Å². The van der Waals surface area contributed by atoms with Crippen molar-refractivity contribution in [2.24, 2.45) is 0 Å². The molecule has 0 saturated carbocycles. The monoisotopic (exact) mass is 231 g/mol. The number of aliphatic hydroxyl groups excluding tert-OH is 1. The molecule has 1 aromatic carbocycles. The molecule has 1 N–H and O–H groups in total. The summed E-state index contributed by atoms with van der Waals surface area (Å²) in [7, 11) is 0. The Morgan fingerprint density at radius 3 is 2.82 bits per heavy atom. The van der Waals surface area contributed by atoms with Gasteiger partial charge in [0.2, 0.25) is 0 Å². The van der Waals surface area contributed by atoms with E-state index in [1.54, 1.807) is 0 Å². The summed E-state index contributed by atoms with van der Waals surface area (Å²) >= 11 is 0. The number of aliphatic hydroxyl groups is 1. The van der Waals surface area contributed by atoms with E-state index in [1.807, 2.05) is 6.07 Å². The van der Waals surface area contributed by atoms with Crippen molar-refractivity contribution >= 4 is 0 Å². The van der Waals surface area contributed by atoms with Crippen LogP contribution in [-0.4, -0.2) is 16.9 Å². The standard InChI is InChI=1S/C14H17NO2/c1-10-5-6-11(2)13(8-10)14-9-12(17-15-14)4-3-7-16/h5-6,8-9,16H,3-4,7H2,1-2H3. The minimum Gasteiger partial charge on any atom is -0.396 e. The third kappa shape index (κ3) is 2.74. The Kier molecular flexibility index (Phi) is 3.59. The molecule has 0 amide bonds. The van der Waals surface area contributed by atoms with Gasteiger partial charge in [0.15, 0.2) is 0 Å². The molecule has 1 heterocycles. The van der Waals surface area contributed by atoms with E-state index in [2.05, 4.69) is 37.2 Å². The van der Waals surface area contributed by atoms with Gasteiger partial charge < -0.3 is 9.63 Å². The molecule has 1 aromatic heterocycles. The molecule has 0 saturated heterocycles. The van der Waals surface area contributed by atoms with Crippen LogP contribution in [0.15, 0.2) is 28.8 Å². The molecule has 0 spiro atoms. The molecular weight excluding hydrogens is 214 g/mol. The van der Waals surface area contributed by atoms with Crippen LogP contribution in [0.3, 0.4) is 0 Å². The van der Waals surface area contributed by atoms with Crippen LogP contribution in [0.25, 0.3) is 11.3 Å². The zero-order valence-corrected chi connectivity index (χ0v) is 10.2. The van der Waals surface area contributed by atoms with E-state index in [4.69, 9.17) is 9.63 Å². The maximum atomic E-state index is 8.77. The Labute approximate surface area is 101 Å². The molecule has 3 heteroatoms. The Balaban J connectivity index is 2.27. The van der Waals surface area contributed by atoms with Gasteiger partial charge in [-0.1, -0.05) is 22.9 Å². The van der Waals surface area contributed by atoms with Gasteiger partial charge in [-0.05, 0) is 31.9 Å². The molecule has 0 unspecified atom stereocenters. The third-order valence-electron chi connectivity index (χ3n) is 2.81. The van der Waals surface area contributed by atoms with Crippen molar-refractivity contribution in [1.29, 1.82) is 0 Å². The van der Waals surface area contributed by atoms with E-state index < -0.39 is 0 Å². The summed E-state index contributed by atoms with van der Waals surface area (Å²) in [6.45, 7) is 4.31. The van der Waals surface area contributed by atoms with Gasteiger partial charge in [0, 0.05) is 24.7 Å². The van der Waals surface area contributed by atoms with Gasteiger partial charge in [-0.2, -0.15) is 0 Å². The number of rotatable bonds is 4. The fourth-order valence-electron chi connectivity index (χ4n) is 1.82. The smallest absolute Gasteiger partial charge is 0.137 e. The molecule has 2 aromatic rings. The number of aromatic nitrogens is 1. The van der Waals surface area contributed by atoms with Crippen LogP contribution in [0, 0.1) is 13.8 Å². The lowest BCUT2D eigenvalue weighted by molar-refractivity contribution is 0.280. The fraction of sp³-hybridized carbons (Fsp3) is 0.357. The maximum absolute atomic E-state index is 8.77. The first-order valence-corrected chi connectivity index (χ1v) is 5.85. The lowest BCUT2D eigenvalue weighted by Gasteiger charge is -2.02. The van der Waals surface area contributed by atoms with Crippen LogP contribution in [0.2, 0.25) is 0 Å². The number of hydrogen-bond donors (Lipinski definition) is 1. The van der Waals surface area contributed by atoms with E-state index >= 15 is 0 Å². The van der Waals surface area contributed by atoms with Crippen molar-refractivity contribution in [3.63, 3.8) is 0 Å². The molecular formula is C14H17NO2. The molecule has 0 aliphatic carbocycles. The highest BCUT2D eigenvalue weighted by molar-refractivity contribution is 5.64. The summed E-state index contributed by atoms with van der Waals surface area (Å²) in [4.78, 5) is 0. The second-order valence-electron chi connectivity index (χ2n) is 4.32. The quantitative estimate of drug-likeness (QED) is 0.880. The minimum absolute atomic E-state index is 0.180. The topological polar surface area (TPSA) is 46.3 Å². The predicted octanol–water partition coefficient (Wildman–Crippen LogP) is 2.88. The summed E-state index contributed by atoms with van der Waals surface area (Å²) in [6.07, 6.45) is 1.44. The van der Waals surface area contributed by atoms with Crippen molar-refractivity contribution in [2.75, 3.05) is 6.61 Å². The Morgan fingerprint density at radius 1 is 1.24 bits per heavy atom. The zero-order chi connectivity index (χ0) is 12.3. The van der Waals surface area contributed by atoms with Crippen LogP contribution in [-0.2, 0) is 6.42 Å². The van der Waals surface area contributed by atoms with Crippen molar-refractivity contribution in [1.82, 2.24) is 5.16 Å². The van der Waals surface area contributed by atoms with Crippen molar-refractivity contribution in [3.8, 4) is 11.3 Å². The molecule has 90 valence electrons. The molecule has 0 atom stereocenters. The van der Waals surface area contributed by atoms with Gasteiger partial charge in [-0.3, -0.25) is 0 Å². The molecule has 0 aliphatic heterocycles. The van der Waals surface area contributed by atoms with Gasteiger partial charge in [0.1, 0.15) is 11.5 Å². The molecule has 17 heavy (non-hydrogen) atoms. The first-order valence-electron chi connectivity index (χ1n) is 5.85. The van der Waals surface area contributed by atoms with E-state index in [-0.39, 0.29) is 6.61 Å². The van der Waals surface area contributed by atoms with Gasteiger partial charge >= 0.3 is 0 Å². The summed E-state index contributed by atoms with van der Waals surface area (Å²) in [5, 5.41) is 12.9. The average molecular weight is 231 g/mol.